The second-order valence-electron chi connectivity index (χ2n) is 2.80. The summed E-state index contributed by atoms with van der Waals surface area (Å²) in [6.45, 7) is 1.45. The highest BCUT2D eigenvalue weighted by Gasteiger charge is 2.10. The Morgan fingerprint density at radius 1 is 1.71 bits per heavy atom. The number of carboxylic acids is 1. The molecule has 0 bridgehead atoms. The number of rotatable bonds is 4. The normalized spacial score (nSPS) is 12.4. The van der Waals surface area contributed by atoms with E-state index in [4.69, 9.17) is 9.84 Å². The van der Waals surface area contributed by atoms with Gasteiger partial charge in [-0.3, -0.25) is 4.98 Å². The summed E-state index contributed by atoms with van der Waals surface area (Å²) in [6.07, 6.45) is 1.60. The predicted molar refractivity (Wildman–Crippen MR) is 46.1 cm³/mol. The molecule has 0 fully saturated rings. The van der Waals surface area contributed by atoms with E-state index < -0.39 is 17.9 Å². The molecule has 1 atom stereocenters. The van der Waals surface area contributed by atoms with Gasteiger partial charge in [0.05, 0.1) is 12.8 Å². The first-order valence-electron chi connectivity index (χ1n) is 4.03. The predicted octanol–water partition coefficient (Wildman–Crippen LogP) is 1.21. The Balaban J connectivity index is 2.49. The van der Waals surface area contributed by atoms with Crippen molar-refractivity contribution in [3.8, 4) is 0 Å². The first-order chi connectivity index (χ1) is 6.59. The van der Waals surface area contributed by atoms with Crippen LogP contribution in [0, 0.1) is 5.82 Å². The summed E-state index contributed by atoms with van der Waals surface area (Å²) in [6, 6.07) is 1.25. The van der Waals surface area contributed by atoms with E-state index in [2.05, 4.69) is 4.98 Å². The Kier molecular flexibility index (Phi) is 3.53. The number of hydrogen-bond donors (Lipinski definition) is 1. The molecule has 1 rings (SSSR count). The quantitative estimate of drug-likeness (QED) is 0.791. The Morgan fingerprint density at radius 2 is 2.43 bits per heavy atom. The second-order valence-corrected chi connectivity index (χ2v) is 2.80. The summed E-state index contributed by atoms with van der Waals surface area (Å²) in [4.78, 5) is 14.0. The molecule has 0 aliphatic rings. The molecule has 0 spiro atoms. The summed E-state index contributed by atoms with van der Waals surface area (Å²) in [5.74, 6) is -1.51. The van der Waals surface area contributed by atoms with Gasteiger partial charge in [0.2, 0.25) is 0 Å². The molecule has 1 aromatic heterocycles. The molecule has 0 aliphatic heterocycles. The topological polar surface area (TPSA) is 59.4 Å². The second kappa shape index (κ2) is 4.66. The molecular formula is C9H10FNO3. The van der Waals surface area contributed by atoms with Crippen LogP contribution in [0.5, 0.6) is 0 Å². The summed E-state index contributed by atoms with van der Waals surface area (Å²) in [5.41, 5.74) is 0.512. The van der Waals surface area contributed by atoms with Crippen LogP contribution in [0.2, 0.25) is 0 Å². The van der Waals surface area contributed by atoms with Gasteiger partial charge in [-0.05, 0) is 18.6 Å². The average molecular weight is 199 g/mol. The highest BCUT2D eigenvalue weighted by atomic mass is 19.1. The van der Waals surface area contributed by atoms with Crippen LogP contribution in [0.3, 0.4) is 0 Å². The van der Waals surface area contributed by atoms with Crippen molar-refractivity contribution in [3.05, 3.63) is 29.8 Å². The van der Waals surface area contributed by atoms with Crippen molar-refractivity contribution in [1.29, 1.82) is 0 Å². The number of hydrogen-bond acceptors (Lipinski definition) is 3. The lowest BCUT2D eigenvalue weighted by Crippen LogP contribution is -2.19. The van der Waals surface area contributed by atoms with E-state index in [1.165, 1.54) is 19.2 Å². The highest BCUT2D eigenvalue weighted by molar-refractivity contribution is 5.71. The fraction of sp³-hybridized carbons (Fsp3) is 0.333. The van der Waals surface area contributed by atoms with Crippen LogP contribution in [0.15, 0.2) is 18.5 Å². The Bertz CT molecular complexity index is 330. The van der Waals surface area contributed by atoms with E-state index in [9.17, 15) is 9.18 Å². The molecule has 0 amide bonds. The molecule has 14 heavy (non-hydrogen) atoms. The Morgan fingerprint density at radius 3 is 3.00 bits per heavy atom. The first kappa shape index (κ1) is 10.6. The minimum absolute atomic E-state index is 0.0399. The molecular weight excluding hydrogens is 189 g/mol. The Hall–Kier alpha value is -1.49. The number of nitrogens with zero attached hydrogens (tertiary/aromatic N) is 1. The van der Waals surface area contributed by atoms with Crippen LogP contribution in [-0.2, 0) is 16.1 Å². The van der Waals surface area contributed by atoms with Gasteiger partial charge in [-0.1, -0.05) is 0 Å². The molecule has 0 saturated heterocycles. The van der Waals surface area contributed by atoms with Gasteiger partial charge < -0.3 is 9.84 Å². The number of aromatic nitrogens is 1. The van der Waals surface area contributed by atoms with Crippen molar-refractivity contribution < 1.29 is 19.0 Å². The van der Waals surface area contributed by atoms with E-state index in [0.717, 1.165) is 6.20 Å². The van der Waals surface area contributed by atoms with Gasteiger partial charge in [0.25, 0.3) is 0 Å². The molecule has 4 nitrogen and oxygen atoms in total. The Labute approximate surface area is 80.3 Å². The third-order valence-corrected chi connectivity index (χ3v) is 1.61. The largest absolute Gasteiger partial charge is 0.479 e. The minimum Gasteiger partial charge on any atom is -0.479 e. The van der Waals surface area contributed by atoms with E-state index in [1.54, 1.807) is 0 Å². The standard InChI is InChI=1S/C9H10FNO3/c1-6(9(12)13)14-5-7-2-8(10)4-11-3-7/h2-4,6H,5H2,1H3,(H,12,13). The summed E-state index contributed by atoms with van der Waals surface area (Å²) in [5, 5.41) is 8.50. The monoisotopic (exact) mass is 199 g/mol. The molecule has 76 valence electrons. The fourth-order valence-corrected chi connectivity index (χ4v) is 0.827. The van der Waals surface area contributed by atoms with Crippen LogP contribution in [-0.4, -0.2) is 22.2 Å². The third kappa shape index (κ3) is 3.10. The zero-order valence-electron chi connectivity index (χ0n) is 7.61. The smallest absolute Gasteiger partial charge is 0.332 e. The maximum atomic E-state index is 12.6. The molecule has 1 heterocycles. The molecule has 1 unspecified atom stereocenters. The lowest BCUT2D eigenvalue weighted by molar-refractivity contribution is -0.149. The van der Waals surface area contributed by atoms with E-state index in [0.29, 0.717) is 5.56 Å². The maximum Gasteiger partial charge on any atom is 0.332 e. The molecule has 0 aliphatic carbocycles. The lowest BCUT2D eigenvalue weighted by Gasteiger charge is -2.07. The average Bonchev–Trinajstić information content (AvgIpc) is 2.14. The number of carboxylic acid groups (broad SMARTS) is 1. The lowest BCUT2D eigenvalue weighted by atomic mass is 10.3. The van der Waals surface area contributed by atoms with Gasteiger partial charge in [-0.2, -0.15) is 0 Å². The van der Waals surface area contributed by atoms with Crippen molar-refractivity contribution >= 4 is 5.97 Å². The molecule has 5 heteroatoms. The molecule has 0 radical (unpaired) electrons. The summed E-state index contributed by atoms with van der Waals surface area (Å²) in [7, 11) is 0. The van der Waals surface area contributed by atoms with Crippen molar-refractivity contribution in [2.24, 2.45) is 0 Å². The van der Waals surface area contributed by atoms with Crippen LogP contribution in [0.1, 0.15) is 12.5 Å². The van der Waals surface area contributed by atoms with Gasteiger partial charge in [0.15, 0.2) is 6.10 Å². The summed E-state index contributed by atoms with van der Waals surface area (Å²) >= 11 is 0. The van der Waals surface area contributed by atoms with Crippen LogP contribution in [0.25, 0.3) is 0 Å². The number of ether oxygens (including phenoxy) is 1. The van der Waals surface area contributed by atoms with Crippen LogP contribution >= 0.6 is 0 Å². The number of carbonyl (C=O) groups is 1. The zero-order chi connectivity index (χ0) is 10.6. The maximum absolute atomic E-state index is 12.6. The van der Waals surface area contributed by atoms with Crippen molar-refractivity contribution in [2.75, 3.05) is 0 Å². The van der Waals surface area contributed by atoms with Gasteiger partial charge in [0.1, 0.15) is 5.82 Å². The first-order valence-corrected chi connectivity index (χ1v) is 4.03. The van der Waals surface area contributed by atoms with Gasteiger partial charge >= 0.3 is 5.97 Å². The van der Waals surface area contributed by atoms with Crippen LogP contribution in [0.4, 0.5) is 4.39 Å². The number of aliphatic carboxylic acids is 1. The SMILES string of the molecule is CC(OCc1cncc(F)c1)C(=O)O. The number of halogens is 1. The minimum atomic E-state index is -1.05. The number of pyridine rings is 1. The van der Waals surface area contributed by atoms with Gasteiger partial charge in [-0.25, -0.2) is 9.18 Å². The summed E-state index contributed by atoms with van der Waals surface area (Å²) < 4.78 is 17.6. The molecule has 1 aromatic rings. The molecule has 0 aromatic carbocycles. The van der Waals surface area contributed by atoms with Crippen molar-refractivity contribution in [3.63, 3.8) is 0 Å². The fourth-order valence-electron chi connectivity index (χ4n) is 0.827. The molecule has 0 saturated carbocycles. The third-order valence-electron chi connectivity index (χ3n) is 1.61. The van der Waals surface area contributed by atoms with Crippen LogP contribution < -0.4 is 0 Å². The van der Waals surface area contributed by atoms with E-state index in [1.807, 2.05) is 0 Å². The van der Waals surface area contributed by atoms with Crippen molar-refractivity contribution in [2.45, 2.75) is 19.6 Å². The molecule has 1 N–H and O–H groups in total. The van der Waals surface area contributed by atoms with Gasteiger partial charge in [-0.15, -0.1) is 0 Å². The van der Waals surface area contributed by atoms with E-state index in [-0.39, 0.29) is 6.61 Å². The van der Waals surface area contributed by atoms with E-state index >= 15 is 0 Å². The van der Waals surface area contributed by atoms with Crippen molar-refractivity contribution in [1.82, 2.24) is 4.98 Å². The highest BCUT2D eigenvalue weighted by Crippen LogP contribution is 2.04. The zero-order valence-corrected chi connectivity index (χ0v) is 7.61. The van der Waals surface area contributed by atoms with Gasteiger partial charge in [0, 0.05) is 6.20 Å².